The molecule has 0 aliphatic heterocycles. The van der Waals surface area contributed by atoms with Gasteiger partial charge in [-0.2, -0.15) is 0 Å². The first-order valence-electron chi connectivity index (χ1n) is 48.1. The first-order valence-corrected chi connectivity index (χ1v) is 48.1. The Kier molecular flexibility index (Phi) is 80.9. The van der Waals surface area contributed by atoms with Gasteiger partial charge in [-0.25, -0.2) is 9.59 Å². The van der Waals surface area contributed by atoms with E-state index in [1.807, 2.05) is 62.3 Å². The Bertz CT molecular complexity index is 3100. The molecule has 0 fully saturated rings. The predicted molar refractivity (Wildman–Crippen MR) is 495 cm³/mol. The molecule has 4 amide bonds. The van der Waals surface area contributed by atoms with E-state index in [2.05, 4.69) is 21.3 Å². The minimum atomic E-state index is -0.922. The summed E-state index contributed by atoms with van der Waals surface area (Å²) in [6, 6.07) is -2.49. The molecule has 0 saturated carbocycles. The number of hydrogen-bond donors (Lipinski definition) is 4. The number of carbonyl (C=O) groups is 13. The van der Waals surface area contributed by atoms with Gasteiger partial charge in [-0.05, 0) is 154 Å². The number of ether oxygens (including phenoxy) is 23. The molecule has 0 aliphatic carbocycles. The van der Waals surface area contributed by atoms with Crippen LogP contribution in [0.15, 0.2) is 0 Å². The van der Waals surface area contributed by atoms with Crippen molar-refractivity contribution in [2.24, 2.45) is 0 Å². The first-order chi connectivity index (χ1) is 64.5. The number of methoxy groups -OCH3 is 1. The van der Waals surface area contributed by atoms with Crippen LogP contribution in [-0.2, 0) is 166 Å². The minimum Gasteiger partial charge on any atom is -0.467 e. The summed E-state index contributed by atoms with van der Waals surface area (Å²) >= 11 is 0. The number of alkyl carbamates (subject to hydrolysis) is 1. The summed E-state index contributed by atoms with van der Waals surface area (Å²) in [5, 5.41) is 10.9. The molecule has 0 rings (SSSR count). The third kappa shape index (κ3) is 92.0. The van der Waals surface area contributed by atoms with Crippen molar-refractivity contribution in [3.05, 3.63) is 0 Å². The third-order valence-electron chi connectivity index (χ3n) is 18.2. The number of rotatable bonds is 95. The average Bonchev–Trinajstić information content (AvgIpc) is 0.928. The van der Waals surface area contributed by atoms with Crippen molar-refractivity contribution >= 4 is 76.6 Å². The molecule has 786 valence electrons. The Balaban J connectivity index is 4.71. The van der Waals surface area contributed by atoms with E-state index in [9.17, 15) is 62.3 Å². The van der Waals surface area contributed by atoms with Crippen molar-refractivity contribution in [3.63, 3.8) is 0 Å². The van der Waals surface area contributed by atoms with Crippen molar-refractivity contribution < 1.29 is 171 Å². The lowest BCUT2D eigenvalue weighted by Gasteiger charge is -2.19. The van der Waals surface area contributed by atoms with Crippen LogP contribution < -0.4 is 21.3 Å². The second-order valence-electron chi connectivity index (χ2n) is 35.6. The molecule has 4 N–H and O–H groups in total. The highest BCUT2D eigenvalue weighted by atomic mass is 16.6. The smallest absolute Gasteiger partial charge is 0.407 e. The van der Waals surface area contributed by atoms with Crippen LogP contribution in [0, 0.1) is 0 Å². The van der Waals surface area contributed by atoms with Gasteiger partial charge in [0.1, 0.15) is 68.1 Å². The summed E-state index contributed by atoms with van der Waals surface area (Å²) < 4.78 is 126. The summed E-state index contributed by atoms with van der Waals surface area (Å²) in [7, 11) is 1.22. The van der Waals surface area contributed by atoms with Crippen LogP contribution in [0.1, 0.15) is 244 Å². The zero-order valence-corrected chi connectivity index (χ0v) is 83.8. The lowest BCUT2D eigenvalue weighted by atomic mass is 10.00. The summed E-state index contributed by atoms with van der Waals surface area (Å²) in [5.74, 6) is -3.48. The molecule has 0 aromatic rings. The number of Topliss-reactive ketones (excluding diaryl/α,β-unsaturated/α-hetero) is 5. The molecular weight excluding hydrogens is 1770 g/mol. The average molecular weight is 1940 g/mol. The predicted octanol–water partition coefficient (Wildman–Crippen LogP) is 8.06. The van der Waals surface area contributed by atoms with Crippen LogP contribution in [0.5, 0.6) is 0 Å². The molecule has 0 heterocycles. The summed E-state index contributed by atoms with van der Waals surface area (Å²) in [6.45, 7) is 28.5. The molecule has 0 saturated heterocycles. The van der Waals surface area contributed by atoms with Gasteiger partial charge in [0.2, 0.25) is 17.7 Å². The highest BCUT2D eigenvalue weighted by molar-refractivity contribution is 5.90. The minimum absolute atomic E-state index is 0.0544. The number of esters is 4. The van der Waals surface area contributed by atoms with Crippen LogP contribution >= 0.6 is 0 Å². The van der Waals surface area contributed by atoms with E-state index < -0.39 is 70.3 Å². The maximum absolute atomic E-state index is 13.5. The quantitative estimate of drug-likeness (QED) is 0.0254. The fraction of sp³-hybridized carbons (Fsp3) is 0.863. The van der Waals surface area contributed by atoms with Crippen LogP contribution in [0.25, 0.3) is 0 Å². The summed E-state index contributed by atoms with van der Waals surface area (Å²) in [5.41, 5.74) is -2.20. The molecule has 40 heteroatoms. The van der Waals surface area contributed by atoms with E-state index in [1.54, 1.807) is 20.8 Å². The van der Waals surface area contributed by atoms with E-state index >= 15 is 0 Å². The monoisotopic (exact) mass is 1940 g/mol. The molecule has 3 unspecified atom stereocenters. The molecule has 3 atom stereocenters. The van der Waals surface area contributed by atoms with Gasteiger partial charge in [0.25, 0.3) is 0 Å². The molecule has 135 heavy (non-hydrogen) atoms. The van der Waals surface area contributed by atoms with E-state index in [0.29, 0.717) is 169 Å². The lowest BCUT2D eigenvalue weighted by Crippen LogP contribution is -2.43. The SMILES string of the molecule is COC(=O)C(CCCCCC(=O)COCCOCCOCCCC(=O)C(CCCCCC(=O)COCCOCCOCCCC(=O)OC(C)(C)C)NC(=O)COCCOCCOCCNC(=O)OC(C)(C)C)NC(=O)COCCOCCOCCCC(=O)C(CCCCCC(=O)COCCOCCOCCCC(=O)OC(C)(C)C)NC(=O)COCCOCCOCCCC(=O)OC(C)(C)C. The number of amides is 4. The Hall–Kier alpha value is -6.81. The first kappa shape index (κ1) is 128. The Morgan fingerprint density at radius 2 is 0.444 bits per heavy atom. The summed E-state index contributed by atoms with van der Waals surface area (Å²) in [6.07, 6.45) is 9.92. The van der Waals surface area contributed by atoms with Gasteiger partial charge in [0.05, 0.1) is 184 Å². The molecule has 0 bridgehead atoms. The number of unbranched alkanes of at least 4 members (excludes halogenated alkanes) is 6. The number of hydrogen-bond acceptors (Lipinski definition) is 36. The van der Waals surface area contributed by atoms with Gasteiger partial charge in [-0.1, -0.05) is 38.5 Å². The zero-order valence-electron chi connectivity index (χ0n) is 83.8. The van der Waals surface area contributed by atoms with E-state index in [4.69, 9.17) is 109 Å². The van der Waals surface area contributed by atoms with Crippen LogP contribution in [0.3, 0.4) is 0 Å². The maximum Gasteiger partial charge on any atom is 0.407 e. The van der Waals surface area contributed by atoms with Gasteiger partial charge in [0, 0.05) is 90.9 Å². The third-order valence-corrected chi connectivity index (χ3v) is 18.2. The van der Waals surface area contributed by atoms with Gasteiger partial charge < -0.3 is 130 Å². The molecule has 0 spiro atoms. The second-order valence-corrected chi connectivity index (χ2v) is 35.6. The Labute approximate surface area is 801 Å². The van der Waals surface area contributed by atoms with E-state index in [0.717, 1.165) is 0 Å². The fourth-order valence-corrected chi connectivity index (χ4v) is 11.9. The standard InChI is InChI=1S/C95H170N4O36/c1-92(2,3)132-87(108)36-25-42-116-48-54-121-59-65-126-70-76(100)28-17-14-20-31-79(97-84(105)73-129-67-61-124-56-50-118-44-27-38-89(110)134-94(7,8)9)83(104)35-24-41-115-47-53-123-62-69-131-75-86(107)99-81(90(111)113-13)33-22-16-19-30-78(102)72-128-64-58-120-52-46-114-40-23-34-82(103)80(98-85(106)74-130-68-63-125-57-51-119-45-39-96-91(112)135-95(10,11)12)32-21-15-18-29-77(101)71-127-66-60-122-55-49-117-43-26-37-88(109)133-93(4,5)6/h79-81H,14-75H2,1-13H3,(H,96,112)(H,97,105)(H,98,106)(H,99,107). The normalized spacial score (nSPS) is 12.5. The number of carbonyl (C=O) groups excluding carboxylic acids is 13. The van der Waals surface area contributed by atoms with Crippen LogP contribution in [0.2, 0.25) is 0 Å². The second kappa shape index (κ2) is 85.2. The maximum atomic E-state index is 13.5. The van der Waals surface area contributed by atoms with Crippen molar-refractivity contribution in [2.45, 2.75) is 284 Å². The van der Waals surface area contributed by atoms with Crippen molar-refractivity contribution in [3.8, 4) is 0 Å². The van der Waals surface area contributed by atoms with Crippen molar-refractivity contribution in [2.75, 3.05) is 252 Å². The van der Waals surface area contributed by atoms with E-state index in [-0.39, 0.29) is 283 Å². The van der Waals surface area contributed by atoms with Crippen molar-refractivity contribution in [1.29, 1.82) is 0 Å². The number of nitrogens with one attached hydrogen (secondary N) is 4. The Morgan fingerprint density at radius 3 is 0.704 bits per heavy atom. The molecule has 40 nitrogen and oxygen atoms in total. The van der Waals surface area contributed by atoms with Crippen LogP contribution in [-0.4, -0.2) is 369 Å². The number of ketones is 5. The molecule has 0 aromatic carbocycles. The topological polar surface area (TPSA) is 482 Å². The van der Waals surface area contributed by atoms with Gasteiger partial charge >= 0.3 is 30.0 Å². The van der Waals surface area contributed by atoms with E-state index in [1.165, 1.54) is 7.11 Å². The van der Waals surface area contributed by atoms with Gasteiger partial charge in [-0.3, -0.25) is 52.7 Å². The Morgan fingerprint density at radius 1 is 0.222 bits per heavy atom. The van der Waals surface area contributed by atoms with Gasteiger partial charge in [0.15, 0.2) is 28.9 Å². The van der Waals surface area contributed by atoms with Crippen LogP contribution in [0.4, 0.5) is 4.79 Å². The zero-order chi connectivity index (χ0) is 100. The highest BCUT2D eigenvalue weighted by Gasteiger charge is 2.26. The van der Waals surface area contributed by atoms with Crippen molar-refractivity contribution in [1.82, 2.24) is 21.3 Å². The lowest BCUT2D eigenvalue weighted by molar-refractivity contribution is -0.156. The highest BCUT2D eigenvalue weighted by Crippen LogP contribution is 2.17. The largest absolute Gasteiger partial charge is 0.467 e. The molecule has 0 aromatic heterocycles. The molecule has 0 radical (unpaired) electrons. The molecule has 0 aliphatic rings. The molecular formula is C95H170N4O36. The summed E-state index contributed by atoms with van der Waals surface area (Å²) in [4.78, 5) is 163. The van der Waals surface area contributed by atoms with Gasteiger partial charge in [-0.15, -0.1) is 0 Å². The fourth-order valence-electron chi connectivity index (χ4n) is 11.9.